The van der Waals surface area contributed by atoms with E-state index in [0.717, 1.165) is 0 Å². The summed E-state index contributed by atoms with van der Waals surface area (Å²) in [5.74, 6) is -1.08. The summed E-state index contributed by atoms with van der Waals surface area (Å²) in [6.45, 7) is 0. The number of ether oxygens (including phenoxy) is 1. The summed E-state index contributed by atoms with van der Waals surface area (Å²) < 4.78 is 18.4. The van der Waals surface area contributed by atoms with Crippen molar-refractivity contribution in [1.29, 1.82) is 0 Å². The molecule has 0 aliphatic rings. The first-order chi connectivity index (χ1) is 6.54. The van der Waals surface area contributed by atoms with Crippen LogP contribution < -0.4 is 0 Å². The number of hydrogen-bond donors (Lipinski definition) is 0. The smallest absolute Gasteiger partial charge is 0.310 e. The summed E-state index contributed by atoms with van der Waals surface area (Å²) in [5.41, 5.74) is 0.219. The molecule has 0 saturated heterocycles. The van der Waals surface area contributed by atoms with Gasteiger partial charge in [-0.1, -0.05) is 27.5 Å². The van der Waals surface area contributed by atoms with E-state index in [2.05, 4.69) is 20.7 Å². The summed E-state index contributed by atoms with van der Waals surface area (Å²) >= 11 is 8.74. The summed E-state index contributed by atoms with van der Waals surface area (Å²) in [7, 11) is 1.25. The van der Waals surface area contributed by atoms with Crippen LogP contribution in [0.1, 0.15) is 5.56 Å². The highest BCUT2D eigenvalue weighted by molar-refractivity contribution is 9.10. The van der Waals surface area contributed by atoms with Crippen LogP contribution in [-0.2, 0) is 16.0 Å². The fraction of sp³-hybridized carbons (Fsp3) is 0.222. The molecule has 0 unspecified atom stereocenters. The van der Waals surface area contributed by atoms with Gasteiger partial charge in [0, 0.05) is 10.0 Å². The third kappa shape index (κ3) is 2.69. The second-order valence-corrected chi connectivity index (χ2v) is 3.94. The average Bonchev–Trinajstić information content (AvgIpc) is 2.13. The van der Waals surface area contributed by atoms with E-state index in [1.54, 1.807) is 0 Å². The fourth-order valence-electron chi connectivity index (χ4n) is 0.966. The first-order valence-electron chi connectivity index (χ1n) is 3.75. The maximum Gasteiger partial charge on any atom is 0.310 e. The number of benzene rings is 1. The number of halogens is 3. The Morgan fingerprint density at radius 1 is 1.64 bits per heavy atom. The Balaban J connectivity index is 3.02. The maximum atomic E-state index is 13.3. The summed E-state index contributed by atoms with van der Waals surface area (Å²) in [5, 5.41) is -0.0155. The van der Waals surface area contributed by atoms with Gasteiger partial charge in [0.1, 0.15) is 5.82 Å². The number of esters is 1. The molecule has 0 aliphatic carbocycles. The molecule has 0 spiro atoms. The van der Waals surface area contributed by atoms with E-state index in [4.69, 9.17) is 11.6 Å². The molecule has 76 valence electrons. The Kier molecular flexibility index (Phi) is 3.89. The molecule has 1 aromatic rings. The second kappa shape index (κ2) is 4.75. The first-order valence-corrected chi connectivity index (χ1v) is 4.92. The van der Waals surface area contributed by atoms with Crippen LogP contribution >= 0.6 is 27.5 Å². The standard InChI is InChI=1S/C9H7BrClFO2/c1-14-8(13)3-5-2-6(10)4-7(11)9(5)12/h2,4H,3H2,1H3. The van der Waals surface area contributed by atoms with Gasteiger partial charge in [0.25, 0.3) is 0 Å². The van der Waals surface area contributed by atoms with E-state index in [1.165, 1.54) is 19.2 Å². The molecule has 0 aliphatic heterocycles. The van der Waals surface area contributed by atoms with Gasteiger partial charge in [-0.2, -0.15) is 0 Å². The van der Waals surface area contributed by atoms with Crippen molar-refractivity contribution >= 4 is 33.5 Å². The predicted octanol–water partition coefficient (Wildman–Crippen LogP) is 2.96. The maximum absolute atomic E-state index is 13.3. The third-order valence-corrected chi connectivity index (χ3v) is 2.36. The molecule has 14 heavy (non-hydrogen) atoms. The Hall–Kier alpha value is -0.610. The molecule has 0 fully saturated rings. The van der Waals surface area contributed by atoms with Gasteiger partial charge in [-0.05, 0) is 12.1 Å². The lowest BCUT2D eigenvalue weighted by atomic mass is 10.1. The molecule has 2 nitrogen and oxygen atoms in total. The molecule has 0 N–H and O–H groups in total. The summed E-state index contributed by atoms with van der Waals surface area (Å²) in [4.78, 5) is 10.9. The minimum atomic E-state index is -0.583. The zero-order valence-electron chi connectivity index (χ0n) is 7.31. The van der Waals surface area contributed by atoms with Crippen molar-refractivity contribution in [3.05, 3.63) is 33.0 Å². The van der Waals surface area contributed by atoms with Crippen LogP contribution in [0.3, 0.4) is 0 Å². The van der Waals surface area contributed by atoms with Crippen molar-refractivity contribution in [2.24, 2.45) is 0 Å². The van der Waals surface area contributed by atoms with Crippen LogP contribution in [0, 0.1) is 5.82 Å². The largest absolute Gasteiger partial charge is 0.469 e. The molecule has 1 aromatic carbocycles. The molecular formula is C9H7BrClFO2. The highest BCUT2D eigenvalue weighted by Crippen LogP contribution is 2.24. The van der Waals surface area contributed by atoms with E-state index >= 15 is 0 Å². The lowest BCUT2D eigenvalue weighted by Crippen LogP contribution is -2.06. The van der Waals surface area contributed by atoms with Crippen molar-refractivity contribution in [3.63, 3.8) is 0 Å². The number of carbonyl (C=O) groups is 1. The molecule has 0 bridgehead atoms. The van der Waals surface area contributed by atoms with Gasteiger partial charge in [0.05, 0.1) is 18.6 Å². The Bertz CT molecular complexity index is 368. The molecule has 5 heteroatoms. The van der Waals surface area contributed by atoms with Gasteiger partial charge in [-0.3, -0.25) is 4.79 Å². The Morgan fingerprint density at radius 3 is 2.86 bits per heavy atom. The molecule has 0 saturated carbocycles. The number of hydrogen-bond acceptors (Lipinski definition) is 2. The normalized spacial score (nSPS) is 10.0. The van der Waals surface area contributed by atoms with Crippen LogP contribution in [0.25, 0.3) is 0 Å². The lowest BCUT2D eigenvalue weighted by Gasteiger charge is -2.04. The lowest BCUT2D eigenvalue weighted by molar-refractivity contribution is -0.139. The number of rotatable bonds is 2. The Morgan fingerprint density at radius 2 is 2.29 bits per heavy atom. The van der Waals surface area contributed by atoms with Gasteiger partial charge in [0.15, 0.2) is 0 Å². The third-order valence-electron chi connectivity index (χ3n) is 1.63. The van der Waals surface area contributed by atoms with Crippen LogP contribution in [0.15, 0.2) is 16.6 Å². The SMILES string of the molecule is COC(=O)Cc1cc(Br)cc(Cl)c1F. The van der Waals surface area contributed by atoms with E-state index in [-0.39, 0.29) is 17.0 Å². The molecule has 0 aromatic heterocycles. The van der Waals surface area contributed by atoms with Crippen LogP contribution in [0.5, 0.6) is 0 Å². The Labute approximate surface area is 94.1 Å². The summed E-state index contributed by atoms with van der Waals surface area (Å²) in [6, 6.07) is 2.93. The zero-order valence-corrected chi connectivity index (χ0v) is 9.65. The fourth-order valence-corrected chi connectivity index (χ4v) is 1.84. The highest BCUT2D eigenvalue weighted by atomic mass is 79.9. The van der Waals surface area contributed by atoms with E-state index in [9.17, 15) is 9.18 Å². The van der Waals surface area contributed by atoms with Gasteiger partial charge < -0.3 is 4.74 Å². The minimum absolute atomic E-state index is 0.0155. The van der Waals surface area contributed by atoms with Gasteiger partial charge in [-0.15, -0.1) is 0 Å². The molecule has 0 heterocycles. The van der Waals surface area contributed by atoms with Crippen molar-refractivity contribution < 1.29 is 13.9 Å². The van der Waals surface area contributed by atoms with Crippen molar-refractivity contribution in [3.8, 4) is 0 Å². The minimum Gasteiger partial charge on any atom is -0.469 e. The molecule has 0 radical (unpaired) electrons. The summed E-state index contributed by atoms with van der Waals surface area (Å²) in [6.07, 6.45) is -0.124. The van der Waals surface area contributed by atoms with Crippen LogP contribution in [0.4, 0.5) is 4.39 Å². The first kappa shape index (κ1) is 11.5. The van der Waals surface area contributed by atoms with Crippen LogP contribution in [-0.4, -0.2) is 13.1 Å². The van der Waals surface area contributed by atoms with Crippen molar-refractivity contribution in [1.82, 2.24) is 0 Å². The number of methoxy groups -OCH3 is 1. The van der Waals surface area contributed by atoms with E-state index in [0.29, 0.717) is 4.47 Å². The number of carbonyl (C=O) groups excluding carboxylic acids is 1. The monoisotopic (exact) mass is 280 g/mol. The van der Waals surface area contributed by atoms with Crippen LogP contribution in [0.2, 0.25) is 5.02 Å². The average molecular weight is 282 g/mol. The van der Waals surface area contributed by atoms with Crippen molar-refractivity contribution in [2.45, 2.75) is 6.42 Å². The van der Waals surface area contributed by atoms with Gasteiger partial charge in [-0.25, -0.2) is 4.39 Å². The molecular weight excluding hydrogens is 274 g/mol. The zero-order chi connectivity index (χ0) is 10.7. The van der Waals surface area contributed by atoms with Gasteiger partial charge >= 0.3 is 5.97 Å². The van der Waals surface area contributed by atoms with E-state index in [1.807, 2.05) is 0 Å². The predicted molar refractivity (Wildman–Crippen MR) is 54.8 cm³/mol. The molecule has 0 amide bonds. The quantitative estimate of drug-likeness (QED) is 0.615. The van der Waals surface area contributed by atoms with E-state index < -0.39 is 11.8 Å². The molecule has 1 rings (SSSR count). The second-order valence-electron chi connectivity index (χ2n) is 2.61. The topological polar surface area (TPSA) is 26.3 Å². The molecule has 0 atom stereocenters. The van der Waals surface area contributed by atoms with Crippen molar-refractivity contribution in [2.75, 3.05) is 7.11 Å². The highest BCUT2D eigenvalue weighted by Gasteiger charge is 2.12. The van der Waals surface area contributed by atoms with Gasteiger partial charge in [0.2, 0.25) is 0 Å².